The Morgan fingerprint density at radius 1 is 1.09 bits per heavy atom. The van der Waals surface area contributed by atoms with Gasteiger partial charge in [0.1, 0.15) is 5.75 Å². The highest BCUT2D eigenvalue weighted by atomic mass is 16.5. The molecule has 2 aromatic carbocycles. The van der Waals surface area contributed by atoms with Crippen molar-refractivity contribution in [3.63, 3.8) is 0 Å². The van der Waals surface area contributed by atoms with Crippen molar-refractivity contribution < 1.29 is 14.3 Å². The molecule has 0 atom stereocenters. The summed E-state index contributed by atoms with van der Waals surface area (Å²) in [4.78, 5) is 25.4. The number of nitrogens with one attached hydrogen (secondary N) is 1. The normalized spacial score (nSPS) is 10.0. The molecule has 5 nitrogen and oxygen atoms in total. The molecule has 0 saturated heterocycles. The largest absolute Gasteiger partial charge is 0.484 e. The van der Waals surface area contributed by atoms with E-state index in [4.69, 9.17) is 4.74 Å². The number of carbonyl (C=O) groups excluding carboxylic acids is 2. The molecule has 0 fully saturated rings. The van der Waals surface area contributed by atoms with E-state index in [1.807, 2.05) is 25.1 Å². The van der Waals surface area contributed by atoms with Crippen molar-refractivity contribution in [1.29, 1.82) is 0 Å². The predicted molar refractivity (Wildman–Crippen MR) is 89.8 cm³/mol. The highest BCUT2D eigenvalue weighted by Crippen LogP contribution is 2.14. The standard InChI is InChI=1S/C18H20N2O3/c1-13-6-4-9-16(10-13)23-12-17(21)19-15-8-5-7-14(11-15)18(22)20(2)3/h4-11H,12H2,1-3H3,(H,19,21). The molecule has 0 heterocycles. The maximum Gasteiger partial charge on any atom is 0.262 e. The zero-order chi connectivity index (χ0) is 16.8. The molecule has 0 saturated carbocycles. The fraction of sp³-hybridized carbons (Fsp3) is 0.222. The van der Waals surface area contributed by atoms with E-state index in [9.17, 15) is 9.59 Å². The summed E-state index contributed by atoms with van der Waals surface area (Å²) in [6, 6.07) is 14.3. The Balaban J connectivity index is 1.95. The third-order valence-electron chi connectivity index (χ3n) is 3.16. The minimum absolute atomic E-state index is 0.0880. The van der Waals surface area contributed by atoms with Gasteiger partial charge in [-0.1, -0.05) is 18.2 Å². The minimum atomic E-state index is -0.277. The molecule has 0 radical (unpaired) electrons. The Bertz CT molecular complexity index is 711. The van der Waals surface area contributed by atoms with Gasteiger partial charge in [-0.25, -0.2) is 0 Å². The first-order chi connectivity index (χ1) is 11.0. The van der Waals surface area contributed by atoms with E-state index in [0.717, 1.165) is 5.56 Å². The molecular weight excluding hydrogens is 292 g/mol. The third-order valence-corrected chi connectivity index (χ3v) is 3.16. The third kappa shape index (κ3) is 4.85. The van der Waals surface area contributed by atoms with E-state index in [0.29, 0.717) is 17.0 Å². The number of benzene rings is 2. The summed E-state index contributed by atoms with van der Waals surface area (Å²) < 4.78 is 5.45. The van der Waals surface area contributed by atoms with Crippen LogP contribution in [0.2, 0.25) is 0 Å². The number of rotatable bonds is 5. The van der Waals surface area contributed by atoms with Crippen molar-refractivity contribution in [3.05, 3.63) is 59.7 Å². The van der Waals surface area contributed by atoms with Gasteiger partial charge >= 0.3 is 0 Å². The van der Waals surface area contributed by atoms with Gasteiger partial charge < -0.3 is 15.0 Å². The summed E-state index contributed by atoms with van der Waals surface area (Å²) in [6.45, 7) is 1.87. The monoisotopic (exact) mass is 312 g/mol. The van der Waals surface area contributed by atoms with Crippen LogP contribution in [0.5, 0.6) is 5.75 Å². The van der Waals surface area contributed by atoms with Crippen LogP contribution in [0.25, 0.3) is 0 Å². The van der Waals surface area contributed by atoms with Crippen molar-refractivity contribution in [3.8, 4) is 5.75 Å². The van der Waals surface area contributed by atoms with Crippen LogP contribution in [0.15, 0.2) is 48.5 Å². The van der Waals surface area contributed by atoms with Crippen LogP contribution in [0, 0.1) is 6.92 Å². The number of carbonyl (C=O) groups is 2. The lowest BCUT2D eigenvalue weighted by atomic mass is 10.2. The lowest BCUT2D eigenvalue weighted by molar-refractivity contribution is -0.118. The molecule has 0 aliphatic carbocycles. The summed E-state index contributed by atoms with van der Waals surface area (Å²) in [5.41, 5.74) is 2.15. The van der Waals surface area contributed by atoms with Gasteiger partial charge in [-0.15, -0.1) is 0 Å². The first-order valence-electron chi connectivity index (χ1n) is 7.27. The molecular formula is C18H20N2O3. The van der Waals surface area contributed by atoms with Gasteiger partial charge in [-0.3, -0.25) is 9.59 Å². The summed E-state index contributed by atoms with van der Waals surface area (Å²) in [5, 5.41) is 2.73. The van der Waals surface area contributed by atoms with Gasteiger partial charge in [0.05, 0.1) is 0 Å². The van der Waals surface area contributed by atoms with Gasteiger partial charge in [0, 0.05) is 25.3 Å². The predicted octanol–water partition coefficient (Wildman–Crippen LogP) is 2.71. The molecule has 23 heavy (non-hydrogen) atoms. The van der Waals surface area contributed by atoms with Gasteiger partial charge in [-0.2, -0.15) is 0 Å². The van der Waals surface area contributed by atoms with Crippen LogP contribution in [0.1, 0.15) is 15.9 Å². The minimum Gasteiger partial charge on any atom is -0.484 e. The molecule has 0 unspecified atom stereocenters. The summed E-state index contributed by atoms with van der Waals surface area (Å²) in [6.07, 6.45) is 0. The Hall–Kier alpha value is -2.82. The maximum absolute atomic E-state index is 12.0. The summed E-state index contributed by atoms with van der Waals surface area (Å²) >= 11 is 0. The fourth-order valence-corrected chi connectivity index (χ4v) is 2.04. The number of aryl methyl sites for hydroxylation is 1. The van der Waals surface area contributed by atoms with Gasteiger partial charge in [0.2, 0.25) is 0 Å². The fourth-order valence-electron chi connectivity index (χ4n) is 2.04. The Morgan fingerprint density at radius 2 is 1.83 bits per heavy atom. The first kappa shape index (κ1) is 16.5. The molecule has 2 amide bonds. The molecule has 2 rings (SSSR count). The average molecular weight is 312 g/mol. The van der Waals surface area contributed by atoms with Crippen molar-refractivity contribution in [2.24, 2.45) is 0 Å². The van der Waals surface area contributed by atoms with E-state index in [-0.39, 0.29) is 18.4 Å². The number of hydrogen-bond acceptors (Lipinski definition) is 3. The Morgan fingerprint density at radius 3 is 2.52 bits per heavy atom. The maximum atomic E-state index is 12.0. The highest BCUT2D eigenvalue weighted by molar-refractivity contribution is 5.97. The smallest absolute Gasteiger partial charge is 0.262 e. The zero-order valence-electron chi connectivity index (χ0n) is 13.5. The number of hydrogen-bond donors (Lipinski definition) is 1. The van der Waals surface area contributed by atoms with E-state index >= 15 is 0 Å². The average Bonchev–Trinajstić information content (AvgIpc) is 2.52. The molecule has 0 aliphatic rings. The van der Waals surface area contributed by atoms with E-state index in [2.05, 4.69) is 5.32 Å². The van der Waals surface area contributed by atoms with E-state index in [1.165, 1.54) is 4.90 Å². The lowest BCUT2D eigenvalue weighted by Crippen LogP contribution is -2.23. The second-order valence-electron chi connectivity index (χ2n) is 5.43. The SMILES string of the molecule is Cc1cccc(OCC(=O)Nc2cccc(C(=O)N(C)C)c2)c1. The second kappa shape index (κ2) is 7.45. The number of ether oxygens (including phenoxy) is 1. The molecule has 5 heteroatoms. The van der Waals surface area contributed by atoms with Gasteiger partial charge in [-0.05, 0) is 42.8 Å². The number of nitrogens with zero attached hydrogens (tertiary/aromatic N) is 1. The lowest BCUT2D eigenvalue weighted by Gasteiger charge is -2.12. The Labute approximate surface area is 135 Å². The molecule has 1 N–H and O–H groups in total. The molecule has 0 spiro atoms. The summed E-state index contributed by atoms with van der Waals surface area (Å²) in [5.74, 6) is 0.259. The number of anilines is 1. The summed E-state index contributed by atoms with van der Waals surface area (Å²) in [7, 11) is 3.37. The Kier molecular flexibility index (Phi) is 5.36. The second-order valence-corrected chi connectivity index (χ2v) is 5.43. The topological polar surface area (TPSA) is 58.6 Å². The van der Waals surface area contributed by atoms with E-state index in [1.54, 1.807) is 44.4 Å². The zero-order valence-corrected chi connectivity index (χ0v) is 13.5. The molecule has 0 aliphatic heterocycles. The van der Waals surface area contributed by atoms with Crippen molar-refractivity contribution in [2.75, 3.05) is 26.0 Å². The molecule has 120 valence electrons. The first-order valence-corrected chi connectivity index (χ1v) is 7.27. The van der Waals surface area contributed by atoms with Gasteiger partial charge in [0.15, 0.2) is 6.61 Å². The van der Waals surface area contributed by atoms with E-state index < -0.39 is 0 Å². The van der Waals surface area contributed by atoms with Crippen molar-refractivity contribution >= 4 is 17.5 Å². The van der Waals surface area contributed by atoms with Gasteiger partial charge in [0.25, 0.3) is 11.8 Å². The van der Waals surface area contributed by atoms with Crippen molar-refractivity contribution in [1.82, 2.24) is 4.90 Å². The van der Waals surface area contributed by atoms with Crippen LogP contribution in [0.4, 0.5) is 5.69 Å². The highest BCUT2D eigenvalue weighted by Gasteiger charge is 2.10. The van der Waals surface area contributed by atoms with Crippen LogP contribution in [-0.4, -0.2) is 37.4 Å². The van der Waals surface area contributed by atoms with Crippen LogP contribution in [-0.2, 0) is 4.79 Å². The van der Waals surface area contributed by atoms with Crippen molar-refractivity contribution in [2.45, 2.75) is 6.92 Å². The van der Waals surface area contributed by atoms with Crippen LogP contribution >= 0.6 is 0 Å². The molecule has 0 bridgehead atoms. The van der Waals surface area contributed by atoms with Crippen LogP contribution < -0.4 is 10.1 Å². The molecule has 2 aromatic rings. The quantitative estimate of drug-likeness (QED) is 0.923. The van der Waals surface area contributed by atoms with Crippen LogP contribution in [0.3, 0.4) is 0 Å². The number of amides is 2. The molecule has 0 aromatic heterocycles.